The lowest BCUT2D eigenvalue weighted by Gasteiger charge is -2.26. The number of carbonyl (C=O) groups is 1. The molecule has 2 unspecified atom stereocenters. The van der Waals surface area contributed by atoms with Gasteiger partial charge in [-0.1, -0.05) is 0 Å². The number of halogens is 3. The quantitative estimate of drug-likeness (QED) is 0.757. The number of nitrogens with zero attached hydrogens (tertiary/aromatic N) is 1. The summed E-state index contributed by atoms with van der Waals surface area (Å²) in [5.41, 5.74) is 0. The van der Waals surface area contributed by atoms with Crippen molar-refractivity contribution in [3.8, 4) is 0 Å². The molecule has 1 saturated heterocycles. The molecule has 0 radical (unpaired) electrons. The summed E-state index contributed by atoms with van der Waals surface area (Å²) in [7, 11) is 0. The molecular formula is C10H15F3N2O2. The SMILES string of the molecule is O=C(C1CC(O)CN1)N(CC(F)(F)F)C1CC1. The number of hydrogen-bond acceptors (Lipinski definition) is 3. The molecule has 4 nitrogen and oxygen atoms in total. The molecular weight excluding hydrogens is 237 g/mol. The van der Waals surface area contributed by atoms with Crippen LogP contribution in [0.5, 0.6) is 0 Å². The zero-order valence-electron chi connectivity index (χ0n) is 9.20. The number of nitrogens with one attached hydrogen (secondary N) is 1. The fourth-order valence-electron chi connectivity index (χ4n) is 2.07. The van der Waals surface area contributed by atoms with Crippen LogP contribution < -0.4 is 5.32 Å². The molecule has 1 heterocycles. The second-order valence-corrected chi connectivity index (χ2v) is 4.66. The van der Waals surface area contributed by atoms with Crippen LogP contribution in [0.1, 0.15) is 19.3 Å². The second kappa shape index (κ2) is 4.45. The van der Waals surface area contributed by atoms with Gasteiger partial charge in [0, 0.05) is 12.6 Å². The average molecular weight is 252 g/mol. The standard InChI is InChI=1S/C10H15F3N2O2/c11-10(12,13)5-15(6-1-2-6)9(17)8-3-7(16)4-14-8/h6-8,14,16H,1-5H2. The highest BCUT2D eigenvalue weighted by atomic mass is 19.4. The van der Waals surface area contributed by atoms with Crippen LogP contribution in [-0.2, 0) is 4.79 Å². The highest BCUT2D eigenvalue weighted by Crippen LogP contribution is 2.31. The van der Waals surface area contributed by atoms with Gasteiger partial charge in [-0.15, -0.1) is 0 Å². The number of aliphatic hydroxyl groups is 1. The summed E-state index contributed by atoms with van der Waals surface area (Å²) < 4.78 is 37.1. The van der Waals surface area contributed by atoms with Crippen molar-refractivity contribution < 1.29 is 23.1 Å². The van der Waals surface area contributed by atoms with Crippen LogP contribution in [0.3, 0.4) is 0 Å². The number of carbonyl (C=O) groups excluding carboxylic acids is 1. The Morgan fingerprint density at radius 1 is 1.41 bits per heavy atom. The van der Waals surface area contributed by atoms with Gasteiger partial charge >= 0.3 is 6.18 Å². The lowest BCUT2D eigenvalue weighted by molar-refractivity contribution is -0.163. The summed E-state index contributed by atoms with van der Waals surface area (Å²) in [5, 5.41) is 12.0. The fourth-order valence-corrected chi connectivity index (χ4v) is 2.07. The van der Waals surface area contributed by atoms with Crippen LogP contribution in [0.15, 0.2) is 0 Å². The van der Waals surface area contributed by atoms with Crippen LogP contribution in [0.4, 0.5) is 13.2 Å². The minimum Gasteiger partial charge on any atom is -0.392 e. The summed E-state index contributed by atoms with van der Waals surface area (Å²) in [6.07, 6.45) is -3.54. The van der Waals surface area contributed by atoms with Crippen LogP contribution in [-0.4, -0.2) is 53.4 Å². The summed E-state index contributed by atoms with van der Waals surface area (Å²) in [4.78, 5) is 12.8. The molecule has 2 aliphatic rings. The summed E-state index contributed by atoms with van der Waals surface area (Å²) >= 11 is 0. The normalized spacial score (nSPS) is 29.4. The van der Waals surface area contributed by atoms with E-state index in [9.17, 15) is 23.1 Å². The van der Waals surface area contributed by atoms with E-state index in [1.54, 1.807) is 0 Å². The Morgan fingerprint density at radius 3 is 2.47 bits per heavy atom. The first-order valence-corrected chi connectivity index (χ1v) is 5.65. The van der Waals surface area contributed by atoms with Crippen molar-refractivity contribution in [2.45, 2.75) is 43.6 Å². The molecule has 0 aromatic heterocycles. The van der Waals surface area contributed by atoms with E-state index in [0.29, 0.717) is 12.8 Å². The lowest BCUT2D eigenvalue weighted by atomic mass is 10.1. The van der Waals surface area contributed by atoms with E-state index >= 15 is 0 Å². The molecule has 0 spiro atoms. The van der Waals surface area contributed by atoms with Crippen LogP contribution in [0, 0.1) is 0 Å². The lowest BCUT2D eigenvalue weighted by Crippen LogP contribution is -2.48. The minimum absolute atomic E-state index is 0.194. The van der Waals surface area contributed by atoms with Gasteiger partial charge in [0.2, 0.25) is 5.91 Å². The van der Waals surface area contributed by atoms with Gasteiger partial charge in [0.15, 0.2) is 0 Å². The number of hydrogen-bond donors (Lipinski definition) is 2. The summed E-state index contributed by atoms with van der Waals surface area (Å²) in [6.45, 7) is -0.925. The average Bonchev–Trinajstić information content (AvgIpc) is 2.96. The van der Waals surface area contributed by atoms with Gasteiger partial charge in [-0.3, -0.25) is 4.79 Å². The number of β-amino-alcohol motifs (C(OH)–C–C–N with tert-alkyl or cyclic N) is 1. The van der Waals surface area contributed by atoms with Gasteiger partial charge in [0.05, 0.1) is 12.1 Å². The van der Waals surface area contributed by atoms with Crippen molar-refractivity contribution >= 4 is 5.91 Å². The van der Waals surface area contributed by atoms with Crippen molar-refractivity contribution in [3.05, 3.63) is 0 Å². The van der Waals surface area contributed by atoms with Crippen molar-refractivity contribution in [1.29, 1.82) is 0 Å². The second-order valence-electron chi connectivity index (χ2n) is 4.66. The largest absolute Gasteiger partial charge is 0.406 e. The maximum absolute atomic E-state index is 12.4. The zero-order valence-corrected chi connectivity index (χ0v) is 9.20. The first-order chi connectivity index (χ1) is 7.87. The topological polar surface area (TPSA) is 52.6 Å². The van der Waals surface area contributed by atoms with Gasteiger partial charge in [-0.05, 0) is 19.3 Å². The molecule has 17 heavy (non-hydrogen) atoms. The molecule has 1 saturated carbocycles. The van der Waals surface area contributed by atoms with Crippen LogP contribution in [0.25, 0.3) is 0 Å². The van der Waals surface area contributed by atoms with E-state index in [4.69, 9.17) is 0 Å². The van der Waals surface area contributed by atoms with E-state index in [1.807, 2.05) is 0 Å². The van der Waals surface area contributed by atoms with Crippen molar-refractivity contribution in [3.63, 3.8) is 0 Å². The number of aliphatic hydroxyl groups excluding tert-OH is 1. The van der Waals surface area contributed by atoms with Crippen molar-refractivity contribution in [1.82, 2.24) is 10.2 Å². The summed E-state index contributed by atoms with van der Waals surface area (Å²) in [6, 6.07) is -0.948. The highest BCUT2D eigenvalue weighted by Gasteiger charge is 2.43. The molecule has 0 aromatic rings. The van der Waals surface area contributed by atoms with E-state index in [1.165, 1.54) is 0 Å². The maximum atomic E-state index is 12.4. The molecule has 2 atom stereocenters. The minimum atomic E-state index is -4.37. The number of rotatable bonds is 3. The molecule has 7 heteroatoms. The molecule has 1 amide bonds. The highest BCUT2D eigenvalue weighted by molar-refractivity contribution is 5.83. The Balaban J connectivity index is 1.98. The summed E-state index contributed by atoms with van der Waals surface area (Å²) in [5.74, 6) is -0.540. The number of amides is 1. The molecule has 1 aliphatic carbocycles. The number of alkyl halides is 3. The third-order valence-corrected chi connectivity index (χ3v) is 3.03. The van der Waals surface area contributed by atoms with Gasteiger partial charge in [0.25, 0.3) is 0 Å². The van der Waals surface area contributed by atoms with E-state index in [2.05, 4.69) is 5.32 Å². The Hall–Kier alpha value is -0.820. The molecule has 2 N–H and O–H groups in total. The van der Waals surface area contributed by atoms with Gasteiger partial charge in [-0.25, -0.2) is 0 Å². The third-order valence-electron chi connectivity index (χ3n) is 3.03. The maximum Gasteiger partial charge on any atom is 0.406 e. The predicted molar refractivity (Wildman–Crippen MR) is 53.2 cm³/mol. The van der Waals surface area contributed by atoms with E-state index in [0.717, 1.165) is 4.90 Å². The molecule has 1 aliphatic heterocycles. The Bertz CT molecular complexity index is 304. The first kappa shape index (κ1) is 12.6. The Kier molecular flexibility index (Phi) is 3.31. The van der Waals surface area contributed by atoms with Gasteiger partial charge in [0.1, 0.15) is 6.54 Å². The fraction of sp³-hybridized carbons (Fsp3) is 0.900. The van der Waals surface area contributed by atoms with Crippen LogP contribution >= 0.6 is 0 Å². The molecule has 0 bridgehead atoms. The molecule has 2 rings (SSSR count). The zero-order chi connectivity index (χ0) is 12.6. The molecule has 2 fully saturated rings. The van der Waals surface area contributed by atoms with E-state index < -0.39 is 30.8 Å². The molecule has 0 aromatic carbocycles. The van der Waals surface area contributed by atoms with Gasteiger partial charge < -0.3 is 15.3 Å². The predicted octanol–water partition coefficient (Wildman–Crippen LogP) is 0.262. The van der Waals surface area contributed by atoms with Crippen molar-refractivity contribution in [2.75, 3.05) is 13.1 Å². The Labute approximate surface area is 96.8 Å². The third kappa shape index (κ3) is 3.32. The van der Waals surface area contributed by atoms with Gasteiger partial charge in [-0.2, -0.15) is 13.2 Å². The monoisotopic (exact) mass is 252 g/mol. The van der Waals surface area contributed by atoms with Crippen LogP contribution in [0.2, 0.25) is 0 Å². The Morgan fingerprint density at radius 2 is 2.06 bits per heavy atom. The van der Waals surface area contributed by atoms with Crippen molar-refractivity contribution in [2.24, 2.45) is 0 Å². The van der Waals surface area contributed by atoms with E-state index in [-0.39, 0.29) is 19.0 Å². The molecule has 98 valence electrons. The smallest absolute Gasteiger partial charge is 0.392 e. The first-order valence-electron chi connectivity index (χ1n) is 5.65.